The maximum absolute atomic E-state index is 6.60. The van der Waals surface area contributed by atoms with Gasteiger partial charge in [-0.25, -0.2) is 0 Å². The minimum Gasteiger partial charge on any atom is -0.456 e. The summed E-state index contributed by atoms with van der Waals surface area (Å²) in [5, 5.41) is 7.01. The van der Waals surface area contributed by atoms with Crippen molar-refractivity contribution in [2.45, 2.75) is 0 Å². The number of furan rings is 1. The van der Waals surface area contributed by atoms with Gasteiger partial charge in [-0.1, -0.05) is 54.6 Å². The number of hydrogen-bond acceptors (Lipinski definition) is 2. The van der Waals surface area contributed by atoms with Gasteiger partial charge in [0.05, 0.1) is 22.1 Å². The zero-order valence-electron chi connectivity index (χ0n) is 18.2. The molecule has 8 rings (SSSR count). The van der Waals surface area contributed by atoms with Crippen LogP contribution < -0.4 is 5.84 Å². The number of nitrogens with zero attached hydrogens (tertiary/aromatic N) is 2. The fourth-order valence-electron chi connectivity index (χ4n) is 5.75. The van der Waals surface area contributed by atoms with Crippen LogP contribution >= 0.6 is 0 Å². The molecule has 4 nitrogen and oxygen atoms in total. The number of rotatable bonds is 1. The molecule has 0 unspecified atom stereocenters. The van der Waals surface area contributed by atoms with Gasteiger partial charge < -0.3 is 14.8 Å². The van der Waals surface area contributed by atoms with Crippen molar-refractivity contribution < 1.29 is 4.42 Å². The average Bonchev–Trinajstić information content (AvgIpc) is 3.52. The van der Waals surface area contributed by atoms with Gasteiger partial charge in [-0.15, -0.1) is 0 Å². The summed E-state index contributed by atoms with van der Waals surface area (Å²) in [6.45, 7) is 0. The maximum Gasteiger partial charge on any atom is 0.136 e. The van der Waals surface area contributed by atoms with E-state index in [1.165, 1.54) is 16.2 Å². The Labute approximate surface area is 194 Å². The van der Waals surface area contributed by atoms with E-state index in [1.54, 1.807) is 0 Å². The molecule has 0 aliphatic carbocycles. The SMILES string of the molecule is Nn1c2ccccc2c2c3c4c5c(ccc4n(-c4ccccc4)c3ccc21)oc1ccccc15. The zero-order valence-corrected chi connectivity index (χ0v) is 18.2. The molecular formula is C30H19N3O. The van der Waals surface area contributed by atoms with Crippen LogP contribution in [0.25, 0.3) is 71.2 Å². The van der Waals surface area contributed by atoms with Gasteiger partial charge in [0.25, 0.3) is 0 Å². The molecule has 0 saturated heterocycles. The van der Waals surface area contributed by atoms with E-state index in [1.807, 2.05) is 22.9 Å². The quantitative estimate of drug-likeness (QED) is 0.270. The van der Waals surface area contributed by atoms with Gasteiger partial charge in [0, 0.05) is 38.0 Å². The maximum atomic E-state index is 6.60. The Morgan fingerprint density at radius 2 is 1.12 bits per heavy atom. The number of hydrogen-bond donors (Lipinski definition) is 1. The lowest BCUT2D eigenvalue weighted by molar-refractivity contribution is 0.669. The predicted molar refractivity (Wildman–Crippen MR) is 141 cm³/mol. The lowest BCUT2D eigenvalue weighted by Crippen LogP contribution is -2.06. The third kappa shape index (κ3) is 2.08. The molecule has 0 aliphatic rings. The van der Waals surface area contributed by atoms with Crippen molar-refractivity contribution in [3.05, 3.63) is 103 Å². The molecule has 0 saturated carbocycles. The average molecular weight is 438 g/mol. The van der Waals surface area contributed by atoms with Gasteiger partial charge >= 0.3 is 0 Å². The Bertz CT molecular complexity index is 2070. The second-order valence-electron chi connectivity index (χ2n) is 8.84. The van der Waals surface area contributed by atoms with Crippen molar-refractivity contribution in [1.82, 2.24) is 9.24 Å². The van der Waals surface area contributed by atoms with E-state index in [-0.39, 0.29) is 0 Å². The lowest BCUT2D eigenvalue weighted by Gasteiger charge is -2.07. The minimum atomic E-state index is 0.898. The number of fused-ring (bicyclic) bond motifs is 11. The topological polar surface area (TPSA) is 49.0 Å². The highest BCUT2D eigenvalue weighted by atomic mass is 16.3. The van der Waals surface area contributed by atoms with Crippen molar-refractivity contribution in [3.63, 3.8) is 0 Å². The summed E-state index contributed by atoms with van der Waals surface area (Å²) in [4.78, 5) is 0. The van der Waals surface area contributed by atoms with E-state index in [0.29, 0.717) is 0 Å². The van der Waals surface area contributed by atoms with Gasteiger partial charge in [-0.3, -0.25) is 4.68 Å². The lowest BCUT2D eigenvalue weighted by atomic mass is 10.0. The largest absolute Gasteiger partial charge is 0.456 e. The van der Waals surface area contributed by atoms with Crippen LogP contribution in [0.5, 0.6) is 0 Å². The molecule has 2 N–H and O–H groups in total. The fourth-order valence-corrected chi connectivity index (χ4v) is 5.75. The standard InChI is InChI=1S/C30H19N3O/c31-33-21-12-6-4-10-19(21)27-24(33)15-14-22-29(27)30-23(32(22)18-8-2-1-3-9-18)16-17-26-28(30)20-11-5-7-13-25(20)34-26/h1-17H,31H2. The van der Waals surface area contributed by atoms with E-state index < -0.39 is 0 Å². The summed E-state index contributed by atoms with van der Waals surface area (Å²) in [6.07, 6.45) is 0. The van der Waals surface area contributed by atoms with Crippen LogP contribution in [0.15, 0.2) is 108 Å². The fraction of sp³-hybridized carbons (Fsp3) is 0. The first-order chi connectivity index (χ1) is 16.8. The van der Waals surface area contributed by atoms with Crippen molar-refractivity contribution in [2.75, 3.05) is 5.84 Å². The molecule has 0 radical (unpaired) electrons. The highest BCUT2D eigenvalue weighted by molar-refractivity contribution is 6.35. The van der Waals surface area contributed by atoms with Crippen molar-refractivity contribution >= 4 is 65.6 Å². The van der Waals surface area contributed by atoms with Crippen LogP contribution in [-0.4, -0.2) is 9.24 Å². The first-order valence-electron chi connectivity index (χ1n) is 11.4. The predicted octanol–water partition coefficient (Wildman–Crippen LogP) is 7.50. The molecule has 0 spiro atoms. The Kier molecular flexibility index (Phi) is 3.25. The number of nitrogen functional groups attached to an aromatic ring is 1. The smallest absolute Gasteiger partial charge is 0.136 e. The van der Waals surface area contributed by atoms with Crippen LogP contribution in [0.3, 0.4) is 0 Å². The summed E-state index contributed by atoms with van der Waals surface area (Å²) in [5.41, 5.74) is 7.28. The molecule has 0 fully saturated rings. The summed E-state index contributed by atoms with van der Waals surface area (Å²) < 4.78 is 10.5. The first-order valence-corrected chi connectivity index (χ1v) is 11.4. The van der Waals surface area contributed by atoms with Crippen LogP contribution in [0.1, 0.15) is 0 Å². The highest BCUT2D eigenvalue weighted by Gasteiger charge is 2.22. The number of benzene rings is 5. The number of aromatic nitrogens is 2. The van der Waals surface area contributed by atoms with Crippen molar-refractivity contribution in [1.29, 1.82) is 0 Å². The Morgan fingerprint density at radius 3 is 1.97 bits per heavy atom. The minimum absolute atomic E-state index is 0.898. The van der Waals surface area contributed by atoms with Crippen LogP contribution in [0, 0.1) is 0 Å². The molecule has 3 heterocycles. The molecule has 8 aromatic rings. The summed E-state index contributed by atoms with van der Waals surface area (Å²) in [5.74, 6) is 6.60. The zero-order chi connectivity index (χ0) is 22.4. The second-order valence-corrected chi connectivity index (χ2v) is 8.84. The van der Waals surface area contributed by atoms with Gasteiger partial charge in [-0.2, -0.15) is 0 Å². The third-order valence-corrected chi connectivity index (χ3v) is 7.12. The summed E-state index contributed by atoms with van der Waals surface area (Å²) in [7, 11) is 0. The second kappa shape index (κ2) is 6.21. The van der Waals surface area contributed by atoms with Crippen molar-refractivity contribution in [2.24, 2.45) is 0 Å². The van der Waals surface area contributed by atoms with Gasteiger partial charge in [0.15, 0.2) is 0 Å². The summed E-state index contributed by atoms with van der Waals surface area (Å²) >= 11 is 0. The van der Waals surface area contributed by atoms with Crippen LogP contribution in [0.4, 0.5) is 0 Å². The Morgan fingerprint density at radius 1 is 0.471 bits per heavy atom. The third-order valence-electron chi connectivity index (χ3n) is 7.12. The van der Waals surface area contributed by atoms with E-state index >= 15 is 0 Å². The van der Waals surface area contributed by atoms with Crippen LogP contribution in [-0.2, 0) is 0 Å². The molecule has 160 valence electrons. The molecule has 0 aliphatic heterocycles. The van der Waals surface area contributed by atoms with E-state index in [0.717, 1.165) is 55.1 Å². The molecule has 4 heteroatoms. The monoisotopic (exact) mass is 437 g/mol. The molecule has 0 atom stereocenters. The van der Waals surface area contributed by atoms with E-state index in [2.05, 4.69) is 89.5 Å². The highest BCUT2D eigenvalue weighted by Crippen LogP contribution is 2.45. The summed E-state index contributed by atoms with van der Waals surface area (Å²) in [6, 6.07) is 35.8. The van der Waals surface area contributed by atoms with Crippen molar-refractivity contribution in [3.8, 4) is 5.69 Å². The Balaban J connectivity index is 1.75. The molecule has 0 amide bonds. The number of para-hydroxylation sites is 3. The van der Waals surface area contributed by atoms with Crippen LogP contribution in [0.2, 0.25) is 0 Å². The van der Waals surface area contributed by atoms with E-state index in [4.69, 9.17) is 10.3 Å². The van der Waals surface area contributed by atoms with E-state index in [9.17, 15) is 0 Å². The molecule has 5 aromatic carbocycles. The molecular weight excluding hydrogens is 418 g/mol. The molecule has 3 aromatic heterocycles. The van der Waals surface area contributed by atoms with Gasteiger partial charge in [-0.05, 0) is 48.5 Å². The van der Waals surface area contributed by atoms with Gasteiger partial charge in [0.2, 0.25) is 0 Å². The number of nitrogens with two attached hydrogens (primary N) is 1. The van der Waals surface area contributed by atoms with Gasteiger partial charge in [0.1, 0.15) is 11.2 Å². The normalized spacial score (nSPS) is 12.2. The molecule has 34 heavy (non-hydrogen) atoms. The first kappa shape index (κ1) is 17.8. The Hall–Kier alpha value is -4.70. The molecule has 0 bridgehead atoms.